The molecule has 1 aliphatic heterocycles. The summed E-state index contributed by atoms with van der Waals surface area (Å²) in [6.07, 6.45) is 0. The van der Waals surface area contributed by atoms with Gasteiger partial charge in [0.2, 0.25) is 5.91 Å². The molecule has 7 heteroatoms. The van der Waals surface area contributed by atoms with Gasteiger partial charge in [0.25, 0.3) is 6.01 Å². The van der Waals surface area contributed by atoms with Gasteiger partial charge >= 0.3 is 0 Å². The van der Waals surface area contributed by atoms with E-state index in [1.807, 2.05) is 29.2 Å². The SMILES string of the molecule is COCCN(C)C(=O)C1COCCN(c2nc3ccccc3o2)C1. The average molecular weight is 333 g/mol. The van der Waals surface area contributed by atoms with Gasteiger partial charge in [-0.25, -0.2) is 0 Å². The molecule has 0 saturated carbocycles. The van der Waals surface area contributed by atoms with Crippen molar-refractivity contribution in [1.29, 1.82) is 0 Å². The highest BCUT2D eigenvalue weighted by molar-refractivity contribution is 5.79. The number of hydrogen-bond acceptors (Lipinski definition) is 6. The number of methoxy groups -OCH3 is 1. The van der Waals surface area contributed by atoms with Gasteiger partial charge in [0.1, 0.15) is 5.52 Å². The highest BCUT2D eigenvalue weighted by atomic mass is 16.5. The summed E-state index contributed by atoms with van der Waals surface area (Å²) in [5.74, 6) is -0.195. The number of oxazole rings is 1. The quantitative estimate of drug-likeness (QED) is 0.824. The summed E-state index contributed by atoms with van der Waals surface area (Å²) in [4.78, 5) is 20.8. The van der Waals surface area contributed by atoms with Crippen LogP contribution in [0.25, 0.3) is 11.1 Å². The zero-order chi connectivity index (χ0) is 16.9. The lowest BCUT2D eigenvalue weighted by Crippen LogP contribution is -2.41. The first-order valence-electron chi connectivity index (χ1n) is 8.11. The van der Waals surface area contributed by atoms with Crippen LogP contribution in [0.4, 0.5) is 6.01 Å². The third kappa shape index (κ3) is 3.68. The van der Waals surface area contributed by atoms with Gasteiger partial charge in [-0.3, -0.25) is 4.79 Å². The van der Waals surface area contributed by atoms with Crippen molar-refractivity contribution in [2.24, 2.45) is 5.92 Å². The smallest absolute Gasteiger partial charge is 0.298 e. The maximum absolute atomic E-state index is 12.6. The Bertz CT molecular complexity index is 654. The monoisotopic (exact) mass is 333 g/mol. The number of amides is 1. The van der Waals surface area contributed by atoms with Crippen LogP contribution >= 0.6 is 0 Å². The fraction of sp³-hybridized carbons (Fsp3) is 0.529. The lowest BCUT2D eigenvalue weighted by molar-refractivity contribution is -0.136. The number of aromatic nitrogens is 1. The van der Waals surface area contributed by atoms with Crippen molar-refractivity contribution >= 4 is 23.0 Å². The molecule has 2 heterocycles. The van der Waals surface area contributed by atoms with E-state index in [2.05, 4.69) is 4.98 Å². The van der Waals surface area contributed by atoms with Crippen molar-refractivity contribution in [2.45, 2.75) is 0 Å². The first-order valence-corrected chi connectivity index (χ1v) is 8.11. The summed E-state index contributed by atoms with van der Waals surface area (Å²) >= 11 is 0. The number of benzene rings is 1. The van der Waals surface area contributed by atoms with E-state index < -0.39 is 0 Å². The molecule has 1 fully saturated rings. The summed E-state index contributed by atoms with van der Waals surface area (Å²) in [7, 11) is 3.41. The number of likely N-dealkylation sites (N-methyl/N-ethyl adjacent to an activating group) is 1. The molecular formula is C17H23N3O4. The number of para-hydroxylation sites is 2. The number of carbonyl (C=O) groups is 1. The maximum Gasteiger partial charge on any atom is 0.298 e. The molecule has 130 valence electrons. The van der Waals surface area contributed by atoms with Crippen LogP contribution in [0.2, 0.25) is 0 Å². The maximum atomic E-state index is 12.6. The molecule has 1 atom stereocenters. The van der Waals surface area contributed by atoms with Gasteiger partial charge in [0, 0.05) is 33.8 Å². The van der Waals surface area contributed by atoms with E-state index in [1.165, 1.54) is 0 Å². The molecule has 0 N–H and O–H groups in total. The predicted octanol–water partition coefficient (Wildman–Crippen LogP) is 1.39. The first kappa shape index (κ1) is 16.7. The Morgan fingerprint density at radius 2 is 2.29 bits per heavy atom. The van der Waals surface area contributed by atoms with Crippen LogP contribution < -0.4 is 4.90 Å². The normalized spacial score (nSPS) is 18.6. The first-order chi connectivity index (χ1) is 11.7. The van der Waals surface area contributed by atoms with E-state index in [9.17, 15) is 4.79 Å². The van der Waals surface area contributed by atoms with E-state index in [0.717, 1.165) is 11.1 Å². The fourth-order valence-electron chi connectivity index (χ4n) is 2.78. The van der Waals surface area contributed by atoms with Crippen molar-refractivity contribution in [3.05, 3.63) is 24.3 Å². The lowest BCUT2D eigenvalue weighted by atomic mass is 10.1. The second-order valence-corrected chi connectivity index (χ2v) is 5.93. The third-order valence-corrected chi connectivity index (χ3v) is 4.17. The minimum atomic E-state index is -0.246. The molecule has 2 aromatic rings. The van der Waals surface area contributed by atoms with Crippen LogP contribution in [0.15, 0.2) is 28.7 Å². The number of anilines is 1. The molecule has 1 aromatic carbocycles. The fourth-order valence-corrected chi connectivity index (χ4v) is 2.78. The number of hydrogen-bond donors (Lipinski definition) is 0. The predicted molar refractivity (Wildman–Crippen MR) is 90.0 cm³/mol. The summed E-state index contributed by atoms with van der Waals surface area (Å²) in [6, 6.07) is 8.19. The Labute approximate surface area is 141 Å². The van der Waals surface area contributed by atoms with Gasteiger partial charge in [0.05, 0.1) is 25.7 Å². The van der Waals surface area contributed by atoms with E-state index in [4.69, 9.17) is 13.9 Å². The van der Waals surface area contributed by atoms with Gasteiger partial charge in [-0.2, -0.15) is 4.98 Å². The summed E-state index contributed by atoms with van der Waals surface area (Å²) in [6.45, 7) is 3.22. The van der Waals surface area contributed by atoms with Crippen LogP contribution in [0.1, 0.15) is 0 Å². The summed E-state index contributed by atoms with van der Waals surface area (Å²) < 4.78 is 16.5. The summed E-state index contributed by atoms with van der Waals surface area (Å²) in [5, 5.41) is 0. The molecule has 1 amide bonds. The molecule has 0 spiro atoms. The standard InChI is InChI=1S/C17H23N3O4/c1-19(7-9-22-2)16(21)13-11-20(8-10-23-12-13)17-18-14-5-3-4-6-15(14)24-17/h3-6,13H,7-12H2,1-2H3. The topological polar surface area (TPSA) is 68.0 Å². The third-order valence-electron chi connectivity index (χ3n) is 4.17. The number of carbonyl (C=O) groups excluding carboxylic acids is 1. The Morgan fingerprint density at radius 3 is 3.08 bits per heavy atom. The minimum absolute atomic E-state index is 0.0510. The second kappa shape index (κ2) is 7.63. The van der Waals surface area contributed by atoms with Gasteiger partial charge in [-0.15, -0.1) is 0 Å². The zero-order valence-electron chi connectivity index (χ0n) is 14.1. The molecule has 1 aliphatic rings. The van der Waals surface area contributed by atoms with Crippen LogP contribution in [-0.2, 0) is 14.3 Å². The van der Waals surface area contributed by atoms with Crippen molar-refractivity contribution < 1.29 is 18.7 Å². The molecular weight excluding hydrogens is 310 g/mol. The number of nitrogens with zero attached hydrogens (tertiary/aromatic N) is 3. The molecule has 0 radical (unpaired) electrons. The van der Waals surface area contributed by atoms with E-state index in [1.54, 1.807) is 19.1 Å². The molecule has 3 rings (SSSR count). The molecule has 1 unspecified atom stereocenters. The number of ether oxygens (including phenoxy) is 2. The van der Waals surface area contributed by atoms with Crippen molar-refractivity contribution in [1.82, 2.24) is 9.88 Å². The zero-order valence-corrected chi connectivity index (χ0v) is 14.1. The van der Waals surface area contributed by atoms with Gasteiger partial charge in [-0.05, 0) is 12.1 Å². The van der Waals surface area contributed by atoms with Crippen LogP contribution in [0, 0.1) is 5.92 Å². The Morgan fingerprint density at radius 1 is 1.46 bits per heavy atom. The lowest BCUT2D eigenvalue weighted by Gasteiger charge is -2.25. The van der Waals surface area contributed by atoms with Gasteiger partial charge in [-0.1, -0.05) is 12.1 Å². The summed E-state index contributed by atoms with van der Waals surface area (Å²) in [5.41, 5.74) is 1.57. The average Bonchev–Trinajstić information content (AvgIpc) is 2.88. The number of fused-ring (bicyclic) bond motifs is 1. The second-order valence-electron chi connectivity index (χ2n) is 5.93. The highest BCUT2D eigenvalue weighted by Crippen LogP contribution is 2.23. The van der Waals surface area contributed by atoms with Crippen LogP contribution in [0.3, 0.4) is 0 Å². The Kier molecular flexibility index (Phi) is 5.32. The van der Waals surface area contributed by atoms with Crippen LogP contribution in [-0.4, -0.2) is 69.4 Å². The molecule has 1 aromatic heterocycles. The van der Waals surface area contributed by atoms with E-state index in [-0.39, 0.29) is 11.8 Å². The number of rotatable bonds is 5. The molecule has 0 bridgehead atoms. The largest absolute Gasteiger partial charge is 0.423 e. The highest BCUT2D eigenvalue weighted by Gasteiger charge is 2.29. The van der Waals surface area contributed by atoms with Crippen molar-refractivity contribution in [3.8, 4) is 0 Å². The van der Waals surface area contributed by atoms with Gasteiger partial charge in [0.15, 0.2) is 5.58 Å². The van der Waals surface area contributed by atoms with Crippen molar-refractivity contribution in [3.63, 3.8) is 0 Å². The molecule has 0 aliphatic carbocycles. The van der Waals surface area contributed by atoms with Gasteiger partial charge < -0.3 is 23.7 Å². The molecule has 24 heavy (non-hydrogen) atoms. The van der Waals surface area contributed by atoms with Crippen LogP contribution in [0.5, 0.6) is 0 Å². The van der Waals surface area contributed by atoms with E-state index in [0.29, 0.717) is 45.5 Å². The Hall–Kier alpha value is -2.12. The molecule has 7 nitrogen and oxygen atoms in total. The van der Waals surface area contributed by atoms with E-state index >= 15 is 0 Å². The van der Waals surface area contributed by atoms with Crippen molar-refractivity contribution in [2.75, 3.05) is 58.5 Å². The Balaban J connectivity index is 1.73. The minimum Gasteiger partial charge on any atom is -0.423 e. The molecule has 1 saturated heterocycles.